The molecule has 7 aliphatic carbocycles. The number of primary amides is 1. The van der Waals surface area contributed by atoms with E-state index in [1.54, 1.807) is 6.92 Å². The van der Waals surface area contributed by atoms with Gasteiger partial charge >= 0.3 is 0 Å². The molecule has 0 aliphatic heterocycles. The van der Waals surface area contributed by atoms with Crippen molar-refractivity contribution >= 4 is 23.2 Å². The normalized spacial score (nSPS) is 46.1. The molecule has 1 aromatic carbocycles. The SMILES string of the molecule is C[C@H]1c2ccc(C3C4CC5CC(C4)CC3C5)c(O)c2C(O)=C2C(=O)[C@]3(O)C(=O)C(C(N)=O)C(O)C[C@@H]3[C@@H](O)[C@@H]21. The van der Waals surface area contributed by atoms with Crippen molar-refractivity contribution in [1.82, 2.24) is 0 Å². The van der Waals surface area contributed by atoms with Gasteiger partial charge in [-0.2, -0.15) is 0 Å². The fourth-order valence-corrected chi connectivity index (χ4v) is 10.0. The minimum Gasteiger partial charge on any atom is -0.507 e. The average Bonchev–Trinajstić information content (AvgIpc) is 2.86. The second kappa shape index (κ2) is 8.15. The average molecular weight is 538 g/mol. The standard InChI is InChI=1S/C30H35NO8/c1-10-15-2-3-16(20-13-5-11-4-12(7-13)8-14(20)6-11)24(33)21(15)26(35)23-19(10)25(34)17-9-18(32)22(29(31)38)27(36)30(17,39)28(23)37/h2-3,10-14,17-20,22,25,32-35,39H,4-9H2,1H3,(H2,31,38)/t10-,11?,12?,13?,14?,17+,18?,19+,20?,22?,25+,30+/m0/s1. The molecule has 7 N–H and O–H groups in total. The molecule has 7 atom stereocenters. The number of phenolic OH excluding ortho intramolecular Hbond substituents is 1. The smallest absolute Gasteiger partial charge is 0.230 e. The Kier molecular flexibility index (Phi) is 5.27. The summed E-state index contributed by atoms with van der Waals surface area (Å²) in [6, 6.07) is 3.78. The zero-order valence-corrected chi connectivity index (χ0v) is 21.8. The number of carbonyl (C=O) groups is 3. The molecule has 9 heteroatoms. The van der Waals surface area contributed by atoms with Gasteiger partial charge in [0.2, 0.25) is 11.7 Å². The summed E-state index contributed by atoms with van der Waals surface area (Å²) in [6.07, 6.45) is 2.40. The number of hydrogen-bond donors (Lipinski definition) is 6. The largest absolute Gasteiger partial charge is 0.507 e. The predicted octanol–water partition coefficient (Wildman–Crippen LogP) is 1.66. The van der Waals surface area contributed by atoms with E-state index in [-0.39, 0.29) is 29.2 Å². The van der Waals surface area contributed by atoms with Crippen LogP contribution in [0.15, 0.2) is 17.7 Å². The molecule has 6 fully saturated rings. The van der Waals surface area contributed by atoms with E-state index in [0.717, 1.165) is 43.1 Å². The summed E-state index contributed by atoms with van der Waals surface area (Å²) in [5, 5.41) is 56.6. The molecule has 1 aromatic rings. The summed E-state index contributed by atoms with van der Waals surface area (Å²) in [5.41, 5.74) is 3.59. The number of Topliss-reactive ketones (excluding diaryl/α,β-unsaturated/α-hetero) is 2. The van der Waals surface area contributed by atoms with E-state index in [2.05, 4.69) is 0 Å². The fourth-order valence-electron chi connectivity index (χ4n) is 10.0. The van der Waals surface area contributed by atoms with Crippen molar-refractivity contribution in [1.29, 1.82) is 0 Å². The van der Waals surface area contributed by atoms with Gasteiger partial charge < -0.3 is 31.3 Å². The van der Waals surface area contributed by atoms with Gasteiger partial charge in [0.1, 0.15) is 17.4 Å². The van der Waals surface area contributed by atoms with Crippen LogP contribution < -0.4 is 5.73 Å². The maximum atomic E-state index is 13.9. The van der Waals surface area contributed by atoms with Gasteiger partial charge in [0.05, 0.1) is 17.8 Å². The Morgan fingerprint density at radius 1 is 0.923 bits per heavy atom. The lowest BCUT2D eigenvalue weighted by atomic mass is 9.50. The fraction of sp³-hybridized carbons (Fsp3) is 0.633. The van der Waals surface area contributed by atoms with Gasteiger partial charge in [0.25, 0.3) is 0 Å². The van der Waals surface area contributed by atoms with Crippen molar-refractivity contribution in [3.05, 3.63) is 34.4 Å². The third-order valence-corrected chi connectivity index (χ3v) is 11.4. The minimum atomic E-state index is -2.83. The summed E-state index contributed by atoms with van der Waals surface area (Å²) in [5.74, 6) is -6.35. The second-order valence-corrected chi connectivity index (χ2v) is 13.2. The van der Waals surface area contributed by atoms with Crippen molar-refractivity contribution in [2.24, 2.45) is 47.2 Å². The topological polar surface area (TPSA) is 178 Å². The van der Waals surface area contributed by atoms with Crippen molar-refractivity contribution < 1.29 is 39.9 Å². The van der Waals surface area contributed by atoms with Crippen molar-refractivity contribution in [2.45, 2.75) is 75.1 Å². The molecule has 208 valence electrons. The van der Waals surface area contributed by atoms with E-state index in [9.17, 15) is 39.9 Å². The second-order valence-electron chi connectivity index (χ2n) is 13.2. The van der Waals surface area contributed by atoms with E-state index in [1.165, 1.54) is 6.42 Å². The number of benzene rings is 1. The number of hydrogen-bond acceptors (Lipinski definition) is 8. The number of phenols is 1. The predicted molar refractivity (Wildman–Crippen MR) is 137 cm³/mol. The molecule has 0 spiro atoms. The molecule has 0 saturated heterocycles. The van der Waals surface area contributed by atoms with E-state index < -0.39 is 64.7 Å². The maximum Gasteiger partial charge on any atom is 0.230 e. The van der Waals surface area contributed by atoms with Gasteiger partial charge in [0.15, 0.2) is 11.4 Å². The van der Waals surface area contributed by atoms with E-state index in [4.69, 9.17) is 5.73 Å². The van der Waals surface area contributed by atoms with Crippen LogP contribution in [0, 0.1) is 41.4 Å². The quantitative estimate of drug-likeness (QED) is 0.308. The van der Waals surface area contributed by atoms with Gasteiger partial charge in [-0.3, -0.25) is 14.4 Å². The van der Waals surface area contributed by atoms with Crippen LogP contribution in [0.5, 0.6) is 5.75 Å². The Labute approximate surface area is 225 Å². The summed E-state index contributed by atoms with van der Waals surface area (Å²) >= 11 is 0. The third kappa shape index (κ3) is 3.09. The Bertz CT molecular complexity index is 1320. The molecule has 4 bridgehead atoms. The molecule has 1 amide bonds. The van der Waals surface area contributed by atoms with Crippen molar-refractivity contribution in [3.63, 3.8) is 0 Å². The maximum absolute atomic E-state index is 13.9. The van der Waals surface area contributed by atoms with Crippen LogP contribution in [0.1, 0.15) is 74.0 Å². The summed E-state index contributed by atoms with van der Waals surface area (Å²) in [7, 11) is 0. The highest BCUT2D eigenvalue weighted by Crippen LogP contribution is 2.62. The molecule has 39 heavy (non-hydrogen) atoms. The lowest BCUT2D eigenvalue weighted by Gasteiger charge is -2.55. The first-order chi connectivity index (χ1) is 18.4. The number of aromatic hydroxyl groups is 1. The molecule has 9 nitrogen and oxygen atoms in total. The van der Waals surface area contributed by atoms with Gasteiger partial charge in [-0.25, -0.2) is 0 Å². The van der Waals surface area contributed by atoms with Crippen LogP contribution in [0.25, 0.3) is 5.76 Å². The number of rotatable bonds is 2. The Hall–Kier alpha value is -2.75. The first kappa shape index (κ1) is 25.2. The highest BCUT2D eigenvalue weighted by Gasteiger charge is 2.67. The van der Waals surface area contributed by atoms with Crippen LogP contribution in [0.4, 0.5) is 0 Å². The van der Waals surface area contributed by atoms with Gasteiger partial charge in [-0.1, -0.05) is 19.1 Å². The first-order valence-corrected chi connectivity index (χ1v) is 14.2. The van der Waals surface area contributed by atoms with Gasteiger partial charge in [0, 0.05) is 17.4 Å². The van der Waals surface area contributed by atoms with Crippen LogP contribution in [-0.2, 0) is 14.4 Å². The molecule has 7 aliphatic rings. The summed E-state index contributed by atoms with van der Waals surface area (Å²) in [4.78, 5) is 39.1. The number of amides is 1. The van der Waals surface area contributed by atoms with Crippen molar-refractivity contribution in [3.8, 4) is 5.75 Å². The number of aliphatic hydroxyl groups excluding tert-OH is 3. The van der Waals surface area contributed by atoms with Gasteiger partial charge in [-0.05, 0) is 85.2 Å². The lowest BCUT2D eigenvalue weighted by molar-refractivity contribution is -0.186. The number of ketones is 2. The Morgan fingerprint density at radius 2 is 1.51 bits per heavy atom. The highest BCUT2D eigenvalue weighted by atomic mass is 16.3. The summed E-state index contributed by atoms with van der Waals surface area (Å²) in [6.45, 7) is 1.77. The van der Waals surface area contributed by atoms with E-state index in [0.29, 0.717) is 17.4 Å². The van der Waals surface area contributed by atoms with Crippen molar-refractivity contribution in [2.75, 3.05) is 0 Å². The molecule has 8 rings (SSSR count). The summed E-state index contributed by atoms with van der Waals surface area (Å²) < 4.78 is 0. The molecule has 0 heterocycles. The number of aliphatic hydroxyl groups is 4. The van der Waals surface area contributed by atoms with Crippen LogP contribution >= 0.6 is 0 Å². The van der Waals surface area contributed by atoms with E-state index in [1.807, 2.05) is 12.1 Å². The zero-order valence-electron chi connectivity index (χ0n) is 21.8. The number of nitrogens with two attached hydrogens (primary N) is 1. The van der Waals surface area contributed by atoms with Gasteiger partial charge in [-0.15, -0.1) is 0 Å². The Balaban J connectivity index is 1.35. The van der Waals surface area contributed by atoms with Crippen LogP contribution in [-0.4, -0.2) is 60.8 Å². The third-order valence-electron chi connectivity index (χ3n) is 11.4. The molecular weight excluding hydrogens is 502 g/mol. The highest BCUT2D eigenvalue weighted by molar-refractivity contribution is 6.25. The van der Waals surface area contributed by atoms with Crippen LogP contribution in [0.3, 0.4) is 0 Å². The molecule has 0 radical (unpaired) electrons. The molecule has 6 saturated carbocycles. The number of carbonyl (C=O) groups excluding carboxylic acids is 3. The lowest BCUT2D eigenvalue weighted by Crippen LogP contribution is -2.70. The molecule has 2 unspecified atom stereocenters. The van der Waals surface area contributed by atoms with E-state index >= 15 is 0 Å². The van der Waals surface area contributed by atoms with Crippen LogP contribution in [0.2, 0.25) is 0 Å². The number of fused-ring (bicyclic) bond motifs is 3. The minimum absolute atomic E-state index is 0.0860. The first-order valence-electron chi connectivity index (χ1n) is 14.2. The monoisotopic (exact) mass is 537 g/mol. The zero-order chi connectivity index (χ0) is 27.7. The molecule has 0 aromatic heterocycles. The Morgan fingerprint density at radius 3 is 2.10 bits per heavy atom. The molecular formula is C30H35NO8.